The van der Waals surface area contributed by atoms with E-state index in [9.17, 15) is 18.0 Å². The summed E-state index contributed by atoms with van der Waals surface area (Å²) >= 11 is 2.72. The molecule has 0 aliphatic rings. The second-order valence-electron chi connectivity index (χ2n) is 2.43. The van der Waals surface area contributed by atoms with Crippen molar-refractivity contribution in [3.05, 3.63) is 16.4 Å². The second-order valence-corrected chi connectivity index (χ2v) is 3.18. The highest BCUT2D eigenvalue weighted by molar-refractivity contribution is 9.10. The first-order valence-corrected chi connectivity index (χ1v) is 4.12. The number of halogens is 4. The van der Waals surface area contributed by atoms with E-state index < -0.39 is 18.7 Å². The van der Waals surface area contributed by atoms with Gasteiger partial charge in [0.15, 0.2) is 0 Å². The first-order valence-electron chi connectivity index (χ1n) is 3.32. The molecular weight excluding hydrogens is 269 g/mol. The maximum atomic E-state index is 11.9. The lowest BCUT2D eigenvalue weighted by Crippen LogP contribution is -2.18. The highest BCUT2D eigenvalue weighted by Crippen LogP contribution is 2.22. The molecule has 0 radical (unpaired) electrons. The van der Waals surface area contributed by atoms with Crippen LogP contribution in [0, 0.1) is 0 Å². The molecule has 0 atom stereocenters. The lowest BCUT2D eigenvalue weighted by atomic mass is 10.4. The summed E-state index contributed by atoms with van der Waals surface area (Å²) in [7, 11) is 0. The Bertz CT molecular complexity index is 360. The first kappa shape index (κ1) is 11.0. The number of hydrogen-bond acceptors (Lipinski definition) is 2. The molecule has 78 valence electrons. The largest absolute Gasteiger partial charge is 0.478 e. The Morgan fingerprint density at radius 1 is 1.64 bits per heavy atom. The van der Waals surface area contributed by atoms with Gasteiger partial charge in [-0.3, -0.25) is 0 Å². The number of aromatic nitrogens is 2. The van der Waals surface area contributed by atoms with Crippen LogP contribution in [0.25, 0.3) is 0 Å². The number of alkyl halides is 3. The van der Waals surface area contributed by atoms with E-state index in [2.05, 4.69) is 21.0 Å². The van der Waals surface area contributed by atoms with Crippen LogP contribution in [0.5, 0.6) is 0 Å². The maximum Gasteiger partial charge on any atom is 0.408 e. The average Bonchev–Trinajstić information content (AvgIpc) is 2.29. The van der Waals surface area contributed by atoms with Gasteiger partial charge in [-0.2, -0.15) is 18.3 Å². The first-order chi connectivity index (χ1) is 6.31. The number of rotatable bonds is 2. The van der Waals surface area contributed by atoms with Crippen molar-refractivity contribution < 1.29 is 23.1 Å². The van der Waals surface area contributed by atoms with E-state index in [1.54, 1.807) is 0 Å². The van der Waals surface area contributed by atoms with E-state index in [0.29, 0.717) is 4.68 Å². The highest BCUT2D eigenvalue weighted by Gasteiger charge is 2.30. The smallest absolute Gasteiger partial charge is 0.408 e. The van der Waals surface area contributed by atoms with Crippen LogP contribution in [0.15, 0.2) is 10.8 Å². The number of hydrogen-bond donors (Lipinski definition) is 1. The zero-order valence-electron chi connectivity index (χ0n) is 6.55. The van der Waals surface area contributed by atoms with Gasteiger partial charge in [0, 0.05) is 0 Å². The van der Waals surface area contributed by atoms with Crippen LogP contribution >= 0.6 is 15.9 Å². The molecule has 0 fully saturated rings. The average molecular weight is 273 g/mol. The Kier molecular flexibility index (Phi) is 2.84. The quantitative estimate of drug-likeness (QED) is 0.895. The number of nitrogens with zero attached hydrogens (tertiary/aromatic N) is 2. The molecule has 0 spiro atoms. The Hall–Kier alpha value is -1.05. The van der Waals surface area contributed by atoms with Crippen LogP contribution in [-0.4, -0.2) is 27.0 Å². The Balaban J connectivity index is 2.96. The van der Waals surface area contributed by atoms with Crippen molar-refractivity contribution >= 4 is 21.9 Å². The van der Waals surface area contributed by atoms with Crippen molar-refractivity contribution in [2.75, 3.05) is 0 Å². The number of carboxylic acids is 1. The minimum absolute atomic E-state index is 0.192. The van der Waals surface area contributed by atoms with Crippen LogP contribution in [-0.2, 0) is 6.54 Å². The summed E-state index contributed by atoms with van der Waals surface area (Å²) < 4.78 is 36.0. The van der Waals surface area contributed by atoms with Crippen LogP contribution < -0.4 is 0 Å². The number of aromatic carboxylic acids is 1. The van der Waals surface area contributed by atoms with Gasteiger partial charge in [0.1, 0.15) is 16.7 Å². The molecule has 0 saturated carbocycles. The molecule has 0 aliphatic carbocycles. The van der Waals surface area contributed by atoms with Gasteiger partial charge in [-0.25, -0.2) is 9.48 Å². The van der Waals surface area contributed by atoms with Gasteiger partial charge in [-0.1, -0.05) is 0 Å². The van der Waals surface area contributed by atoms with Gasteiger partial charge in [0.05, 0.1) is 6.20 Å². The zero-order chi connectivity index (χ0) is 10.9. The topological polar surface area (TPSA) is 55.1 Å². The van der Waals surface area contributed by atoms with E-state index in [-0.39, 0.29) is 10.2 Å². The predicted molar refractivity (Wildman–Crippen MR) is 42.9 cm³/mol. The van der Waals surface area contributed by atoms with E-state index in [0.717, 1.165) is 6.20 Å². The summed E-state index contributed by atoms with van der Waals surface area (Å²) in [6.07, 6.45) is -3.57. The van der Waals surface area contributed by atoms with Gasteiger partial charge in [-0.15, -0.1) is 0 Å². The minimum atomic E-state index is -4.43. The molecule has 1 heterocycles. The Labute approximate surface area is 84.5 Å². The number of carboxylic acid groups (broad SMARTS) is 1. The van der Waals surface area contributed by atoms with Gasteiger partial charge in [-0.05, 0) is 15.9 Å². The third-order valence-corrected chi connectivity index (χ3v) is 2.17. The second kappa shape index (κ2) is 3.60. The fraction of sp³-hybridized carbons (Fsp3) is 0.333. The standard InChI is InChI=1S/C6H4BrF3N2O2/c7-4-3(5(13)14)1-11-12(4)2-6(8,9)10/h1H,2H2,(H,13,14). The molecule has 14 heavy (non-hydrogen) atoms. The molecule has 1 N–H and O–H groups in total. The summed E-state index contributed by atoms with van der Waals surface area (Å²) in [5.41, 5.74) is -0.297. The summed E-state index contributed by atoms with van der Waals surface area (Å²) in [6, 6.07) is 0. The lowest BCUT2D eigenvalue weighted by molar-refractivity contribution is -0.143. The Morgan fingerprint density at radius 3 is 2.57 bits per heavy atom. The van der Waals surface area contributed by atoms with Gasteiger partial charge < -0.3 is 5.11 Å². The molecule has 4 nitrogen and oxygen atoms in total. The molecule has 0 bridgehead atoms. The summed E-state index contributed by atoms with van der Waals surface area (Å²) in [6.45, 7) is -1.32. The van der Waals surface area contributed by atoms with Gasteiger partial charge >= 0.3 is 12.1 Å². The molecular formula is C6H4BrF3N2O2. The van der Waals surface area contributed by atoms with Crippen molar-refractivity contribution in [2.24, 2.45) is 0 Å². The fourth-order valence-corrected chi connectivity index (χ4v) is 1.28. The molecule has 8 heteroatoms. The molecule has 0 aromatic carbocycles. The van der Waals surface area contributed by atoms with E-state index in [1.807, 2.05) is 0 Å². The molecule has 1 aromatic rings. The minimum Gasteiger partial charge on any atom is -0.478 e. The van der Waals surface area contributed by atoms with Crippen LogP contribution in [0.2, 0.25) is 0 Å². The van der Waals surface area contributed by atoms with E-state index in [4.69, 9.17) is 5.11 Å². The Morgan fingerprint density at radius 2 is 2.21 bits per heavy atom. The third kappa shape index (κ3) is 2.47. The van der Waals surface area contributed by atoms with Crippen LogP contribution in [0.3, 0.4) is 0 Å². The predicted octanol–water partition coefficient (Wildman–Crippen LogP) is 1.91. The van der Waals surface area contributed by atoms with E-state index in [1.165, 1.54) is 0 Å². The maximum absolute atomic E-state index is 11.9. The normalized spacial score (nSPS) is 11.7. The molecule has 0 amide bonds. The SMILES string of the molecule is O=C(O)c1cnn(CC(F)(F)F)c1Br. The molecule has 0 unspecified atom stereocenters. The molecule has 0 aliphatic heterocycles. The molecule has 0 saturated heterocycles. The summed E-state index contributed by atoms with van der Waals surface area (Å²) in [5.74, 6) is -1.33. The highest BCUT2D eigenvalue weighted by atomic mass is 79.9. The van der Waals surface area contributed by atoms with Gasteiger partial charge in [0.25, 0.3) is 0 Å². The lowest BCUT2D eigenvalue weighted by Gasteiger charge is -2.06. The van der Waals surface area contributed by atoms with Crippen molar-refractivity contribution in [1.29, 1.82) is 0 Å². The monoisotopic (exact) mass is 272 g/mol. The summed E-state index contributed by atoms with van der Waals surface area (Å²) in [4.78, 5) is 10.4. The van der Waals surface area contributed by atoms with Crippen LogP contribution in [0.1, 0.15) is 10.4 Å². The van der Waals surface area contributed by atoms with Crippen molar-refractivity contribution in [3.8, 4) is 0 Å². The van der Waals surface area contributed by atoms with Crippen molar-refractivity contribution in [1.82, 2.24) is 9.78 Å². The molecule has 1 rings (SSSR count). The third-order valence-electron chi connectivity index (χ3n) is 1.33. The van der Waals surface area contributed by atoms with Crippen molar-refractivity contribution in [2.45, 2.75) is 12.7 Å². The molecule has 1 aromatic heterocycles. The van der Waals surface area contributed by atoms with Gasteiger partial charge in [0.2, 0.25) is 0 Å². The number of carbonyl (C=O) groups is 1. The zero-order valence-corrected chi connectivity index (χ0v) is 8.13. The fourth-order valence-electron chi connectivity index (χ4n) is 0.794. The van der Waals surface area contributed by atoms with Crippen LogP contribution in [0.4, 0.5) is 13.2 Å². The van der Waals surface area contributed by atoms with E-state index >= 15 is 0 Å². The van der Waals surface area contributed by atoms with Crippen molar-refractivity contribution in [3.63, 3.8) is 0 Å². The summed E-state index contributed by atoms with van der Waals surface area (Å²) in [5, 5.41) is 11.8.